The highest BCUT2D eigenvalue weighted by Crippen LogP contribution is 2.44. The van der Waals surface area contributed by atoms with Crippen LogP contribution < -0.4 is 19.8 Å². The van der Waals surface area contributed by atoms with Crippen molar-refractivity contribution in [3.8, 4) is 11.5 Å². The fourth-order valence-corrected chi connectivity index (χ4v) is 5.23. The highest BCUT2D eigenvalue weighted by molar-refractivity contribution is 9.10. The average Bonchev–Trinajstić information content (AvgIpc) is 3.36. The summed E-state index contributed by atoms with van der Waals surface area (Å²) in [6.07, 6.45) is 0. The maximum Gasteiger partial charge on any atom is 0.297 e. The second-order valence-corrected chi connectivity index (χ2v) is 9.26. The zero-order valence-electron chi connectivity index (χ0n) is 18.0. The molecule has 0 fully saturated rings. The molecule has 0 aliphatic carbocycles. The molecular formula is C24H19BrN2O5S. The van der Waals surface area contributed by atoms with Crippen molar-refractivity contribution in [1.29, 1.82) is 0 Å². The monoisotopic (exact) mass is 526 g/mol. The highest BCUT2D eigenvalue weighted by atomic mass is 79.9. The van der Waals surface area contributed by atoms with Crippen molar-refractivity contribution < 1.29 is 18.7 Å². The lowest BCUT2D eigenvalue weighted by Gasteiger charge is -2.23. The maximum atomic E-state index is 13.7. The van der Waals surface area contributed by atoms with Crippen LogP contribution in [0.15, 0.2) is 55.5 Å². The number of rotatable bonds is 5. The number of hydrogen-bond donors (Lipinski definition) is 0. The minimum atomic E-state index is -0.720. The topological polar surface area (TPSA) is 81.9 Å². The van der Waals surface area contributed by atoms with Crippen molar-refractivity contribution in [3.63, 3.8) is 0 Å². The summed E-state index contributed by atoms with van der Waals surface area (Å²) in [6, 6.07) is 9.84. The number of amides is 1. The van der Waals surface area contributed by atoms with Crippen LogP contribution >= 0.6 is 27.3 Å². The number of aryl methyl sites for hydroxylation is 1. The van der Waals surface area contributed by atoms with Gasteiger partial charge in [0.15, 0.2) is 22.1 Å². The van der Waals surface area contributed by atoms with Gasteiger partial charge in [-0.05, 0) is 49.7 Å². The number of anilines is 1. The predicted molar refractivity (Wildman–Crippen MR) is 130 cm³/mol. The van der Waals surface area contributed by atoms with E-state index in [0.29, 0.717) is 39.8 Å². The first kappa shape index (κ1) is 21.7. The number of halogens is 1. The molecule has 1 aliphatic rings. The molecule has 0 bridgehead atoms. The molecule has 0 radical (unpaired) electrons. The van der Waals surface area contributed by atoms with E-state index in [0.717, 1.165) is 10.2 Å². The van der Waals surface area contributed by atoms with Gasteiger partial charge >= 0.3 is 0 Å². The molecule has 1 amide bonds. The molecule has 9 heteroatoms. The molecule has 7 nitrogen and oxygen atoms in total. The molecule has 4 aromatic rings. The Morgan fingerprint density at radius 1 is 1.18 bits per heavy atom. The van der Waals surface area contributed by atoms with Crippen molar-refractivity contribution in [2.24, 2.45) is 0 Å². The van der Waals surface area contributed by atoms with Gasteiger partial charge in [0.1, 0.15) is 5.58 Å². The van der Waals surface area contributed by atoms with E-state index in [4.69, 9.17) is 13.9 Å². The molecular weight excluding hydrogens is 508 g/mol. The minimum absolute atomic E-state index is 0.0283. The van der Waals surface area contributed by atoms with E-state index in [1.165, 1.54) is 16.2 Å². The maximum absolute atomic E-state index is 13.7. The van der Waals surface area contributed by atoms with E-state index in [-0.39, 0.29) is 16.8 Å². The first-order valence-corrected chi connectivity index (χ1v) is 11.9. The van der Waals surface area contributed by atoms with Crippen molar-refractivity contribution in [1.82, 2.24) is 4.98 Å². The summed E-state index contributed by atoms with van der Waals surface area (Å²) >= 11 is 4.76. The van der Waals surface area contributed by atoms with Gasteiger partial charge in [-0.25, -0.2) is 4.98 Å². The minimum Gasteiger partial charge on any atom is -0.493 e. The van der Waals surface area contributed by atoms with Gasteiger partial charge in [0.2, 0.25) is 5.76 Å². The predicted octanol–water partition coefficient (Wildman–Crippen LogP) is 5.48. The number of carbonyl (C=O) groups is 1. The lowest BCUT2D eigenvalue weighted by atomic mass is 9.98. The largest absolute Gasteiger partial charge is 0.493 e. The molecule has 1 atom stereocenters. The van der Waals surface area contributed by atoms with Crippen LogP contribution in [-0.4, -0.2) is 24.6 Å². The Balaban J connectivity index is 1.79. The Bertz CT molecular complexity index is 1460. The van der Waals surface area contributed by atoms with Gasteiger partial charge in [-0.15, -0.1) is 11.3 Å². The SMILES string of the molecule is CCOc1ccc(C2c3c(oc4ccc(Br)cc4c3=O)C(=O)N2c2nc(C)cs2)cc1OC. The van der Waals surface area contributed by atoms with Crippen molar-refractivity contribution in [2.45, 2.75) is 19.9 Å². The smallest absolute Gasteiger partial charge is 0.297 e. The van der Waals surface area contributed by atoms with Gasteiger partial charge in [-0.1, -0.05) is 22.0 Å². The molecule has 5 rings (SSSR count). The Hall–Kier alpha value is -3.17. The summed E-state index contributed by atoms with van der Waals surface area (Å²) in [6.45, 7) is 4.23. The standard InChI is InChI=1S/C24H19BrN2O5S/c1-4-31-17-7-5-13(9-18(17)30-3)20-19-21(28)15-10-14(25)6-8-16(15)32-22(19)23(29)27(20)24-26-12(2)11-33-24/h5-11,20H,4H2,1-3H3. The van der Waals surface area contributed by atoms with Crippen LogP contribution in [0.1, 0.15) is 40.3 Å². The summed E-state index contributed by atoms with van der Waals surface area (Å²) < 4.78 is 17.9. The Kier molecular flexibility index (Phi) is 5.46. The molecule has 0 saturated heterocycles. The summed E-state index contributed by atoms with van der Waals surface area (Å²) in [5.41, 5.74) is 1.86. The van der Waals surface area contributed by atoms with Gasteiger partial charge in [0.05, 0.1) is 36.4 Å². The first-order chi connectivity index (χ1) is 15.9. The molecule has 2 aromatic heterocycles. The summed E-state index contributed by atoms with van der Waals surface area (Å²) in [4.78, 5) is 33.3. The van der Waals surface area contributed by atoms with Gasteiger partial charge in [0, 0.05) is 9.85 Å². The molecule has 33 heavy (non-hydrogen) atoms. The summed E-state index contributed by atoms with van der Waals surface area (Å²) in [7, 11) is 1.55. The van der Waals surface area contributed by atoms with Crippen LogP contribution in [0.2, 0.25) is 0 Å². The van der Waals surface area contributed by atoms with E-state index >= 15 is 0 Å². The number of nitrogens with zero attached hydrogens (tertiary/aromatic N) is 2. The lowest BCUT2D eigenvalue weighted by Crippen LogP contribution is -2.29. The third-order valence-electron chi connectivity index (χ3n) is 5.45. The second-order valence-electron chi connectivity index (χ2n) is 7.51. The fraction of sp³-hybridized carbons (Fsp3) is 0.208. The van der Waals surface area contributed by atoms with Crippen molar-refractivity contribution >= 4 is 49.3 Å². The molecule has 0 N–H and O–H groups in total. The van der Waals surface area contributed by atoms with E-state index in [1.807, 2.05) is 25.3 Å². The number of hydrogen-bond acceptors (Lipinski definition) is 7. The van der Waals surface area contributed by atoms with Crippen LogP contribution in [0.25, 0.3) is 11.0 Å². The van der Waals surface area contributed by atoms with Gasteiger partial charge in [-0.2, -0.15) is 0 Å². The first-order valence-electron chi connectivity index (χ1n) is 10.3. The van der Waals surface area contributed by atoms with Crippen LogP contribution in [0, 0.1) is 6.92 Å². The van der Waals surface area contributed by atoms with E-state index < -0.39 is 11.9 Å². The van der Waals surface area contributed by atoms with E-state index in [1.54, 1.807) is 37.4 Å². The lowest BCUT2D eigenvalue weighted by molar-refractivity contribution is 0.0971. The van der Waals surface area contributed by atoms with Crippen molar-refractivity contribution in [2.75, 3.05) is 18.6 Å². The molecule has 0 saturated carbocycles. The zero-order chi connectivity index (χ0) is 23.3. The van der Waals surface area contributed by atoms with Gasteiger partial charge < -0.3 is 13.9 Å². The fourth-order valence-electron chi connectivity index (χ4n) is 4.04. The molecule has 2 aromatic carbocycles. The quantitative estimate of drug-likeness (QED) is 0.342. The molecule has 168 valence electrons. The Morgan fingerprint density at radius 3 is 2.70 bits per heavy atom. The van der Waals surface area contributed by atoms with Crippen LogP contribution in [0.5, 0.6) is 11.5 Å². The third-order valence-corrected chi connectivity index (χ3v) is 6.90. The normalized spacial score (nSPS) is 15.2. The third kappa shape index (κ3) is 3.52. The number of benzene rings is 2. The van der Waals surface area contributed by atoms with Gasteiger partial charge in [-0.3, -0.25) is 14.5 Å². The van der Waals surface area contributed by atoms with Crippen LogP contribution in [-0.2, 0) is 0 Å². The van der Waals surface area contributed by atoms with Crippen LogP contribution in [0.4, 0.5) is 5.13 Å². The number of carbonyl (C=O) groups excluding carboxylic acids is 1. The molecule has 1 unspecified atom stereocenters. The summed E-state index contributed by atoms with van der Waals surface area (Å²) in [5.74, 6) is 0.720. The number of methoxy groups -OCH3 is 1. The number of fused-ring (bicyclic) bond motifs is 2. The Labute approximate surface area is 201 Å². The number of ether oxygens (including phenoxy) is 2. The average molecular weight is 527 g/mol. The number of thiazole rings is 1. The molecule has 0 spiro atoms. The van der Waals surface area contributed by atoms with Crippen molar-refractivity contribution in [3.05, 3.63) is 79.1 Å². The molecule has 3 heterocycles. The Morgan fingerprint density at radius 2 is 2.00 bits per heavy atom. The van der Waals surface area contributed by atoms with E-state index in [9.17, 15) is 9.59 Å². The van der Waals surface area contributed by atoms with E-state index in [2.05, 4.69) is 20.9 Å². The van der Waals surface area contributed by atoms with Crippen LogP contribution in [0.3, 0.4) is 0 Å². The summed E-state index contributed by atoms with van der Waals surface area (Å²) in [5, 5.41) is 2.76. The zero-order valence-corrected chi connectivity index (χ0v) is 20.5. The molecule has 1 aliphatic heterocycles. The second kappa shape index (κ2) is 8.31. The number of aromatic nitrogens is 1. The highest BCUT2D eigenvalue weighted by Gasteiger charge is 2.45. The van der Waals surface area contributed by atoms with Gasteiger partial charge in [0.25, 0.3) is 5.91 Å².